The topological polar surface area (TPSA) is 38.7 Å². The predicted octanol–water partition coefficient (Wildman–Crippen LogP) is 4.55. The van der Waals surface area contributed by atoms with Gasteiger partial charge in [-0.15, -0.1) is 11.3 Å². The number of nitrogens with zero attached hydrogens (tertiary/aromatic N) is 3. The highest BCUT2D eigenvalue weighted by atomic mass is 32.2. The van der Waals surface area contributed by atoms with Crippen LogP contribution in [0.3, 0.4) is 0 Å². The second kappa shape index (κ2) is 5.83. The van der Waals surface area contributed by atoms with Crippen LogP contribution in [0.15, 0.2) is 10.2 Å². The van der Waals surface area contributed by atoms with Gasteiger partial charge in [-0.2, -0.15) is 0 Å². The molecule has 0 bridgehead atoms. The lowest BCUT2D eigenvalue weighted by Crippen LogP contribution is -2.03. The molecule has 0 saturated heterocycles. The third kappa shape index (κ3) is 2.51. The Morgan fingerprint density at radius 3 is 2.70 bits per heavy atom. The minimum Gasteiger partial charge on any atom is -0.759 e. The number of aryl methyl sites for hydroxylation is 1. The zero-order chi connectivity index (χ0) is 16.1. The molecule has 3 aromatic rings. The molecule has 3 nitrogen and oxygen atoms in total. The summed E-state index contributed by atoms with van der Waals surface area (Å²) in [6.45, 7) is 4.52. The van der Waals surface area contributed by atoms with Crippen molar-refractivity contribution < 1.29 is 0 Å². The van der Waals surface area contributed by atoms with E-state index in [0.717, 1.165) is 39.5 Å². The summed E-state index contributed by atoms with van der Waals surface area (Å²) in [5.74, 6) is 0.622. The van der Waals surface area contributed by atoms with Crippen LogP contribution < -0.4 is 0 Å². The molecule has 0 spiro atoms. The number of fused-ring (bicyclic) bond motifs is 5. The maximum atomic E-state index is 5.50. The molecule has 4 rings (SSSR count). The van der Waals surface area contributed by atoms with Gasteiger partial charge in [-0.3, -0.25) is 4.98 Å². The van der Waals surface area contributed by atoms with E-state index in [1.54, 1.807) is 23.1 Å². The van der Waals surface area contributed by atoms with Crippen LogP contribution >= 0.6 is 23.1 Å². The van der Waals surface area contributed by atoms with Crippen LogP contribution in [-0.4, -0.2) is 21.2 Å². The molecule has 1 aliphatic rings. The van der Waals surface area contributed by atoms with Crippen molar-refractivity contribution in [2.24, 2.45) is 5.92 Å². The maximum Gasteiger partial charge on any atom is 0.186 e. The summed E-state index contributed by atoms with van der Waals surface area (Å²) in [4.78, 5) is 15.3. The Kier molecular flexibility index (Phi) is 3.94. The Morgan fingerprint density at radius 1 is 1.17 bits per heavy atom. The molecular weight excluding hydrogens is 342 g/mol. The van der Waals surface area contributed by atoms with E-state index in [4.69, 9.17) is 22.6 Å². The first-order valence-corrected chi connectivity index (χ1v) is 10.4. The van der Waals surface area contributed by atoms with E-state index in [2.05, 4.69) is 18.8 Å². The second-order valence-electron chi connectivity index (χ2n) is 6.44. The molecule has 0 amide bonds. The SMILES string of the molecule is CSc1nc([S-])c2sc3nc(CC(C)C)c4c(c3c2n1)CCC4. The van der Waals surface area contributed by atoms with Crippen molar-refractivity contribution in [2.75, 3.05) is 6.26 Å². The summed E-state index contributed by atoms with van der Waals surface area (Å²) in [6, 6.07) is 0. The first-order chi connectivity index (χ1) is 11.1. The zero-order valence-electron chi connectivity index (χ0n) is 13.5. The average Bonchev–Trinajstić information content (AvgIpc) is 3.10. The van der Waals surface area contributed by atoms with Gasteiger partial charge in [-0.25, -0.2) is 9.97 Å². The number of aromatic nitrogens is 3. The number of thiophene rings is 1. The molecule has 3 aromatic heterocycles. The lowest BCUT2D eigenvalue weighted by atomic mass is 9.99. The molecule has 0 unspecified atom stereocenters. The van der Waals surface area contributed by atoms with Crippen LogP contribution in [0.25, 0.3) is 20.4 Å². The minimum atomic E-state index is 0.622. The van der Waals surface area contributed by atoms with Crippen LogP contribution in [-0.2, 0) is 31.9 Å². The number of thioether (sulfide) groups is 1. The normalized spacial score (nSPS) is 14.3. The maximum absolute atomic E-state index is 5.50. The number of hydrogen-bond donors (Lipinski definition) is 0. The van der Waals surface area contributed by atoms with Crippen LogP contribution in [0.1, 0.15) is 37.1 Å². The predicted molar refractivity (Wildman–Crippen MR) is 101 cm³/mol. The van der Waals surface area contributed by atoms with Crippen LogP contribution in [0.2, 0.25) is 0 Å². The monoisotopic (exact) mass is 360 g/mol. The largest absolute Gasteiger partial charge is 0.759 e. The van der Waals surface area contributed by atoms with E-state index in [1.165, 1.54) is 28.6 Å². The first kappa shape index (κ1) is 15.5. The molecule has 0 aromatic carbocycles. The van der Waals surface area contributed by atoms with Crippen molar-refractivity contribution in [1.82, 2.24) is 15.0 Å². The smallest absolute Gasteiger partial charge is 0.186 e. The summed E-state index contributed by atoms with van der Waals surface area (Å²) >= 11 is 8.71. The molecule has 0 saturated carbocycles. The molecule has 6 heteroatoms. The van der Waals surface area contributed by atoms with Gasteiger partial charge < -0.3 is 12.6 Å². The fourth-order valence-corrected chi connectivity index (χ4v) is 5.23. The van der Waals surface area contributed by atoms with Crippen molar-refractivity contribution in [1.29, 1.82) is 0 Å². The lowest BCUT2D eigenvalue weighted by molar-refractivity contribution is 0.632. The highest BCUT2D eigenvalue weighted by Crippen LogP contribution is 2.41. The Balaban J connectivity index is 2.07. The van der Waals surface area contributed by atoms with Crippen molar-refractivity contribution in [2.45, 2.75) is 49.7 Å². The Labute approximate surface area is 149 Å². The summed E-state index contributed by atoms with van der Waals surface area (Å²) in [7, 11) is 0. The molecule has 0 N–H and O–H groups in total. The van der Waals surface area contributed by atoms with E-state index in [-0.39, 0.29) is 0 Å². The molecule has 0 radical (unpaired) electrons. The van der Waals surface area contributed by atoms with Gasteiger partial charge in [-0.05, 0) is 49.0 Å². The van der Waals surface area contributed by atoms with E-state index >= 15 is 0 Å². The van der Waals surface area contributed by atoms with Gasteiger partial charge in [0.05, 0.1) is 10.2 Å². The summed E-state index contributed by atoms with van der Waals surface area (Å²) < 4.78 is 1.02. The average molecular weight is 361 g/mol. The Morgan fingerprint density at radius 2 is 1.96 bits per heavy atom. The molecular formula is C17H18N3S3-. The lowest BCUT2D eigenvalue weighted by Gasteiger charge is -2.11. The third-order valence-electron chi connectivity index (χ3n) is 4.35. The number of hydrogen-bond acceptors (Lipinski definition) is 6. The van der Waals surface area contributed by atoms with E-state index in [0.29, 0.717) is 10.9 Å². The van der Waals surface area contributed by atoms with E-state index in [9.17, 15) is 0 Å². The Bertz CT molecular complexity index is 915. The second-order valence-corrected chi connectivity index (χ2v) is 8.60. The van der Waals surface area contributed by atoms with Crippen LogP contribution in [0.4, 0.5) is 0 Å². The van der Waals surface area contributed by atoms with Crippen LogP contribution in [0.5, 0.6) is 0 Å². The molecule has 0 aliphatic heterocycles. The van der Waals surface area contributed by atoms with Crippen LogP contribution in [0, 0.1) is 5.92 Å². The third-order valence-corrected chi connectivity index (χ3v) is 6.40. The molecule has 3 heterocycles. The van der Waals surface area contributed by atoms with E-state index < -0.39 is 0 Å². The van der Waals surface area contributed by atoms with Gasteiger partial charge in [0.15, 0.2) is 5.16 Å². The van der Waals surface area contributed by atoms with Gasteiger partial charge in [0.25, 0.3) is 0 Å². The van der Waals surface area contributed by atoms with Crippen molar-refractivity contribution in [3.8, 4) is 0 Å². The molecule has 1 aliphatic carbocycles. The van der Waals surface area contributed by atoms with Gasteiger partial charge in [0, 0.05) is 11.1 Å². The van der Waals surface area contributed by atoms with Crippen molar-refractivity contribution in [3.63, 3.8) is 0 Å². The Hall–Kier alpha value is -0.980. The zero-order valence-corrected chi connectivity index (χ0v) is 15.9. The quantitative estimate of drug-likeness (QED) is 0.296. The first-order valence-electron chi connectivity index (χ1n) is 7.94. The highest BCUT2D eigenvalue weighted by Gasteiger charge is 2.23. The summed E-state index contributed by atoms with van der Waals surface area (Å²) in [5, 5.41) is 2.67. The van der Waals surface area contributed by atoms with Gasteiger partial charge in [0.1, 0.15) is 4.83 Å². The molecule has 23 heavy (non-hydrogen) atoms. The van der Waals surface area contributed by atoms with Crippen molar-refractivity contribution >= 4 is 56.2 Å². The fourth-order valence-electron chi connectivity index (χ4n) is 3.45. The van der Waals surface area contributed by atoms with E-state index in [1.807, 2.05) is 6.26 Å². The highest BCUT2D eigenvalue weighted by molar-refractivity contribution is 7.98. The summed E-state index contributed by atoms with van der Waals surface area (Å²) in [5.41, 5.74) is 5.25. The molecule has 0 fully saturated rings. The minimum absolute atomic E-state index is 0.622. The molecule has 120 valence electrons. The fraction of sp³-hybridized carbons (Fsp3) is 0.471. The standard InChI is InChI=1S/C17H19N3S3/c1-8(2)7-11-9-5-4-6-10(9)12-13-14(23-16(12)18-11)15(21)20-17(19-13)22-3/h8H,4-7H2,1-3H3,(H,19,20,21)/p-1. The van der Waals surface area contributed by atoms with Gasteiger partial charge >= 0.3 is 0 Å². The van der Waals surface area contributed by atoms with Crippen molar-refractivity contribution in [3.05, 3.63) is 16.8 Å². The summed E-state index contributed by atoms with van der Waals surface area (Å²) in [6.07, 6.45) is 6.55. The number of pyridine rings is 1. The van der Waals surface area contributed by atoms with Gasteiger partial charge in [0.2, 0.25) is 0 Å². The van der Waals surface area contributed by atoms with Gasteiger partial charge in [-0.1, -0.05) is 30.6 Å². The number of rotatable bonds is 3. The molecule has 0 atom stereocenters.